The minimum Gasteiger partial charge on any atom is -0.497 e. The van der Waals surface area contributed by atoms with E-state index in [4.69, 9.17) is 4.74 Å². The number of ether oxygens (including phenoxy) is 1. The van der Waals surface area contributed by atoms with Gasteiger partial charge in [-0.1, -0.05) is 17.8 Å². The number of hydrogen-bond acceptors (Lipinski definition) is 4. The van der Waals surface area contributed by atoms with Crippen molar-refractivity contribution in [2.24, 2.45) is 0 Å². The van der Waals surface area contributed by atoms with Gasteiger partial charge < -0.3 is 15.2 Å². The molecule has 102 valence electrons. The summed E-state index contributed by atoms with van der Waals surface area (Å²) in [5.41, 5.74) is 1.31. The lowest BCUT2D eigenvalue weighted by atomic mass is 10.1. The Morgan fingerprint density at radius 2 is 1.85 bits per heavy atom. The van der Waals surface area contributed by atoms with Crippen LogP contribution < -0.4 is 10.1 Å². The van der Waals surface area contributed by atoms with Gasteiger partial charge in [0.05, 0.1) is 7.11 Å². The molecule has 0 radical (unpaired) electrons. The summed E-state index contributed by atoms with van der Waals surface area (Å²) in [6.45, 7) is 0. The lowest BCUT2D eigenvalue weighted by molar-refractivity contribution is -0.123. The lowest BCUT2D eigenvalue weighted by Gasteiger charge is -2.06. The zero-order valence-electron chi connectivity index (χ0n) is 10.8. The van der Waals surface area contributed by atoms with Crippen LogP contribution in [0.25, 0.3) is 0 Å². The van der Waals surface area contributed by atoms with Crippen molar-refractivity contribution in [3.05, 3.63) is 48.0 Å². The molecule has 1 amide bonds. The van der Waals surface area contributed by atoms with Gasteiger partial charge >= 0.3 is 0 Å². The number of carbonyl (C=O) groups is 1. The smallest absolute Gasteiger partial charge is 0.257 e. The van der Waals surface area contributed by atoms with Gasteiger partial charge in [-0.15, -0.1) is 0 Å². The summed E-state index contributed by atoms with van der Waals surface area (Å²) in [6, 6.07) is 13.3. The maximum absolute atomic E-state index is 11.4. The molecule has 0 bridgehead atoms. The van der Waals surface area contributed by atoms with Crippen molar-refractivity contribution in [3.8, 4) is 5.75 Å². The maximum Gasteiger partial charge on any atom is 0.257 e. The lowest BCUT2D eigenvalue weighted by Crippen LogP contribution is -2.10. The summed E-state index contributed by atoms with van der Waals surface area (Å²) >= 11 is 1.59. The summed E-state index contributed by atoms with van der Waals surface area (Å²) in [4.78, 5) is 13.5. The second kappa shape index (κ2) is 5.19. The van der Waals surface area contributed by atoms with Crippen molar-refractivity contribution < 1.29 is 14.6 Å². The number of fused-ring (bicyclic) bond motifs is 1. The number of carbonyl (C=O) groups excluding carboxylic acids is 1. The number of aliphatic hydroxyl groups is 1. The molecule has 2 N–H and O–H groups in total. The second-order valence-corrected chi connectivity index (χ2v) is 5.57. The number of rotatable bonds is 3. The first-order chi connectivity index (χ1) is 9.67. The highest BCUT2D eigenvalue weighted by Gasteiger charge is 2.28. The summed E-state index contributed by atoms with van der Waals surface area (Å²) in [6.07, 6.45) is -1.05. The summed E-state index contributed by atoms with van der Waals surface area (Å²) in [7, 11) is 1.64. The van der Waals surface area contributed by atoms with Crippen LogP contribution in [0.1, 0.15) is 11.7 Å². The highest BCUT2D eigenvalue weighted by molar-refractivity contribution is 7.99. The van der Waals surface area contributed by atoms with Crippen LogP contribution in [0.15, 0.2) is 52.3 Å². The van der Waals surface area contributed by atoms with E-state index in [1.54, 1.807) is 24.9 Å². The van der Waals surface area contributed by atoms with Crippen molar-refractivity contribution in [2.45, 2.75) is 15.9 Å². The molecule has 0 aliphatic carbocycles. The first-order valence-corrected chi connectivity index (χ1v) is 6.94. The van der Waals surface area contributed by atoms with E-state index in [9.17, 15) is 9.90 Å². The fraction of sp³-hybridized carbons (Fsp3) is 0.133. The zero-order valence-corrected chi connectivity index (χ0v) is 11.6. The third kappa shape index (κ3) is 2.37. The number of methoxy groups -OCH3 is 1. The molecule has 0 fully saturated rings. The molecular formula is C15H13NO3S. The minimum absolute atomic E-state index is 0.369. The van der Waals surface area contributed by atoms with Gasteiger partial charge in [-0.25, -0.2) is 0 Å². The molecular weight excluding hydrogens is 274 g/mol. The largest absolute Gasteiger partial charge is 0.497 e. The van der Waals surface area contributed by atoms with Crippen LogP contribution in [0.2, 0.25) is 0 Å². The van der Waals surface area contributed by atoms with E-state index in [2.05, 4.69) is 5.32 Å². The standard InChI is InChI=1S/C15H13NO3S/c1-19-9-2-4-10(5-3-9)20-11-6-7-12-13(8-11)16-15(18)14(12)17/h2-8,14,17H,1H3,(H,16,18). The van der Waals surface area contributed by atoms with Gasteiger partial charge in [0.25, 0.3) is 5.91 Å². The molecule has 1 aliphatic heterocycles. The Morgan fingerprint density at radius 1 is 1.15 bits per heavy atom. The van der Waals surface area contributed by atoms with E-state index in [0.29, 0.717) is 11.3 Å². The van der Waals surface area contributed by atoms with Gasteiger partial charge in [0.1, 0.15) is 5.75 Å². The number of hydrogen-bond donors (Lipinski definition) is 2. The Bertz CT molecular complexity index is 655. The van der Waals surface area contributed by atoms with Gasteiger partial charge in [-0.2, -0.15) is 0 Å². The molecule has 0 spiro atoms. The van der Waals surface area contributed by atoms with Crippen molar-refractivity contribution in [1.82, 2.24) is 0 Å². The summed E-state index contributed by atoms with van der Waals surface area (Å²) in [5, 5.41) is 12.3. The van der Waals surface area contributed by atoms with Crippen molar-refractivity contribution >= 4 is 23.4 Å². The molecule has 1 aliphatic rings. The molecule has 4 nitrogen and oxygen atoms in total. The quantitative estimate of drug-likeness (QED) is 0.911. The summed E-state index contributed by atoms with van der Waals surface area (Å²) in [5.74, 6) is 0.449. The molecule has 2 aromatic rings. The Labute approximate surface area is 120 Å². The number of nitrogens with one attached hydrogen (secondary N) is 1. The van der Waals surface area contributed by atoms with Crippen LogP contribution in [0.3, 0.4) is 0 Å². The van der Waals surface area contributed by atoms with E-state index in [-0.39, 0.29) is 5.91 Å². The Hall–Kier alpha value is -1.98. The summed E-state index contributed by atoms with van der Waals surface area (Å²) < 4.78 is 5.12. The Kier molecular flexibility index (Phi) is 3.38. The number of amides is 1. The molecule has 2 aromatic carbocycles. The molecule has 3 rings (SSSR count). The van der Waals surface area contributed by atoms with E-state index >= 15 is 0 Å². The van der Waals surface area contributed by atoms with Crippen molar-refractivity contribution in [1.29, 1.82) is 0 Å². The molecule has 1 heterocycles. The van der Waals surface area contributed by atoms with E-state index < -0.39 is 6.10 Å². The van der Waals surface area contributed by atoms with E-state index in [1.807, 2.05) is 36.4 Å². The highest BCUT2D eigenvalue weighted by Crippen LogP contribution is 2.36. The van der Waals surface area contributed by atoms with Gasteiger partial charge in [0.2, 0.25) is 0 Å². The van der Waals surface area contributed by atoms with Crippen molar-refractivity contribution in [2.75, 3.05) is 12.4 Å². The van der Waals surface area contributed by atoms with Crippen LogP contribution in [0.4, 0.5) is 5.69 Å². The normalized spacial score (nSPS) is 16.7. The zero-order chi connectivity index (χ0) is 14.1. The van der Waals surface area contributed by atoms with Crippen LogP contribution in [0, 0.1) is 0 Å². The van der Waals surface area contributed by atoms with Crippen molar-refractivity contribution in [3.63, 3.8) is 0 Å². The third-order valence-electron chi connectivity index (χ3n) is 3.12. The fourth-order valence-corrected chi connectivity index (χ4v) is 2.92. The van der Waals surface area contributed by atoms with Crippen LogP contribution >= 0.6 is 11.8 Å². The second-order valence-electron chi connectivity index (χ2n) is 4.42. The molecule has 0 saturated heterocycles. The van der Waals surface area contributed by atoms with Crippen LogP contribution in [-0.2, 0) is 4.79 Å². The average Bonchev–Trinajstić information content (AvgIpc) is 2.74. The molecule has 0 aromatic heterocycles. The van der Waals surface area contributed by atoms with Crippen LogP contribution in [0.5, 0.6) is 5.75 Å². The number of aliphatic hydroxyl groups excluding tert-OH is 1. The van der Waals surface area contributed by atoms with Gasteiger partial charge in [0, 0.05) is 21.0 Å². The van der Waals surface area contributed by atoms with Crippen LogP contribution in [-0.4, -0.2) is 18.1 Å². The average molecular weight is 287 g/mol. The number of anilines is 1. The molecule has 5 heteroatoms. The van der Waals surface area contributed by atoms with Gasteiger partial charge in [-0.05, 0) is 36.4 Å². The third-order valence-corrected chi connectivity index (χ3v) is 4.12. The fourth-order valence-electron chi connectivity index (χ4n) is 2.07. The predicted molar refractivity (Wildman–Crippen MR) is 77.1 cm³/mol. The van der Waals surface area contributed by atoms with Gasteiger partial charge in [-0.3, -0.25) is 4.79 Å². The first kappa shape index (κ1) is 13.0. The Morgan fingerprint density at radius 3 is 2.55 bits per heavy atom. The molecule has 1 unspecified atom stereocenters. The Balaban J connectivity index is 1.82. The molecule has 20 heavy (non-hydrogen) atoms. The van der Waals surface area contributed by atoms with E-state index in [1.165, 1.54) is 0 Å². The highest BCUT2D eigenvalue weighted by atomic mass is 32.2. The molecule has 1 atom stereocenters. The first-order valence-electron chi connectivity index (χ1n) is 6.12. The number of benzene rings is 2. The SMILES string of the molecule is COc1ccc(Sc2ccc3c(c2)NC(=O)C3O)cc1. The van der Waals surface area contributed by atoms with E-state index in [0.717, 1.165) is 15.5 Å². The monoisotopic (exact) mass is 287 g/mol. The maximum atomic E-state index is 11.4. The minimum atomic E-state index is -1.05. The predicted octanol–water partition coefficient (Wildman–Crippen LogP) is 2.83. The topological polar surface area (TPSA) is 58.6 Å². The molecule has 0 saturated carbocycles. The van der Waals surface area contributed by atoms with Gasteiger partial charge in [0.15, 0.2) is 6.10 Å².